The van der Waals surface area contributed by atoms with Crippen molar-refractivity contribution in [3.05, 3.63) is 11.9 Å². The molecule has 21 heavy (non-hydrogen) atoms. The second-order valence-electron chi connectivity index (χ2n) is 6.61. The molecule has 1 aromatic heterocycles. The first-order valence-corrected chi connectivity index (χ1v) is 8.18. The number of nitrogen functional groups attached to an aromatic ring is 1. The van der Waals surface area contributed by atoms with Crippen LogP contribution < -0.4 is 16.6 Å². The molecule has 0 bridgehead atoms. The molecule has 1 aromatic rings. The van der Waals surface area contributed by atoms with Gasteiger partial charge >= 0.3 is 0 Å². The maximum atomic E-state index is 5.54. The molecule has 6 heteroatoms. The van der Waals surface area contributed by atoms with Crippen LogP contribution in [-0.2, 0) is 0 Å². The average Bonchev–Trinajstić information content (AvgIpc) is 3.25. The van der Waals surface area contributed by atoms with Gasteiger partial charge in [-0.15, -0.1) is 0 Å². The highest BCUT2D eigenvalue weighted by molar-refractivity contribution is 5.48. The Balaban J connectivity index is 1.47. The van der Waals surface area contributed by atoms with Crippen LogP contribution in [0.2, 0.25) is 0 Å². The number of hydrogen-bond donors (Lipinski definition) is 3. The largest absolute Gasteiger partial charge is 0.367 e. The van der Waals surface area contributed by atoms with Crippen LogP contribution in [0.5, 0.6) is 0 Å². The number of rotatable bonds is 4. The predicted octanol–water partition coefficient (Wildman–Crippen LogP) is 1.68. The van der Waals surface area contributed by atoms with Crippen LogP contribution in [0.25, 0.3) is 0 Å². The first-order valence-electron chi connectivity index (χ1n) is 8.18. The van der Waals surface area contributed by atoms with Crippen LogP contribution in [-0.4, -0.2) is 40.0 Å². The number of nitrogens with one attached hydrogen (secondary N) is 2. The molecule has 2 unspecified atom stereocenters. The fourth-order valence-corrected chi connectivity index (χ4v) is 3.70. The number of nitrogens with two attached hydrogens (primary N) is 1. The van der Waals surface area contributed by atoms with Gasteiger partial charge in [-0.2, -0.15) is 0 Å². The first-order chi connectivity index (χ1) is 10.3. The Kier molecular flexibility index (Phi) is 3.43. The van der Waals surface area contributed by atoms with Gasteiger partial charge in [0.25, 0.3) is 0 Å². The maximum absolute atomic E-state index is 5.54. The van der Waals surface area contributed by atoms with E-state index >= 15 is 0 Å². The standard InChI is InChI=1S/C15H24N6/c16-20-14-9-13(18-15(19-14)10-3-4-10)17-11-5-7-21-6-1-2-12(21)8-11/h9-12H,1-8,16H2,(H2,17,18,19,20). The number of aromatic nitrogens is 2. The fraction of sp³-hybridized carbons (Fsp3) is 0.733. The molecule has 0 radical (unpaired) electrons. The second kappa shape index (κ2) is 5.42. The van der Waals surface area contributed by atoms with Crippen molar-refractivity contribution >= 4 is 11.6 Å². The number of hydrazine groups is 1. The molecule has 2 aliphatic heterocycles. The lowest BCUT2D eigenvalue weighted by Gasteiger charge is -2.35. The maximum Gasteiger partial charge on any atom is 0.145 e. The van der Waals surface area contributed by atoms with Crippen molar-refractivity contribution in [2.24, 2.45) is 5.84 Å². The third-order valence-electron chi connectivity index (χ3n) is 5.01. The van der Waals surface area contributed by atoms with Gasteiger partial charge in [0, 0.05) is 30.6 Å². The Morgan fingerprint density at radius 1 is 1.10 bits per heavy atom. The van der Waals surface area contributed by atoms with Gasteiger partial charge < -0.3 is 15.6 Å². The molecule has 2 atom stereocenters. The summed E-state index contributed by atoms with van der Waals surface area (Å²) in [6.07, 6.45) is 7.55. The van der Waals surface area contributed by atoms with Gasteiger partial charge in [0.15, 0.2) is 0 Å². The van der Waals surface area contributed by atoms with E-state index in [0.29, 0.717) is 17.8 Å². The van der Waals surface area contributed by atoms with E-state index in [9.17, 15) is 0 Å². The minimum atomic E-state index is 0.525. The summed E-state index contributed by atoms with van der Waals surface area (Å²) in [5, 5.41) is 3.62. The van der Waals surface area contributed by atoms with E-state index in [2.05, 4.69) is 20.6 Å². The van der Waals surface area contributed by atoms with Crippen LogP contribution in [0, 0.1) is 0 Å². The van der Waals surface area contributed by atoms with Crippen molar-refractivity contribution in [2.75, 3.05) is 23.8 Å². The quantitative estimate of drug-likeness (QED) is 0.578. The van der Waals surface area contributed by atoms with Crippen LogP contribution in [0.4, 0.5) is 11.6 Å². The Morgan fingerprint density at radius 2 is 1.95 bits per heavy atom. The predicted molar refractivity (Wildman–Crippen MR) is 83.1 cm³/mol. The molecule has 1 saturated carbocycles. The summed E-state index contributed by atoms with van der Waals surface area (Å²) in [6, 6.07) is 3.22. The van der Waals surface area contributed by atoms with Gasteiger partial charge in [-0.25, -0.2) is 15.8 Å². The van der Waals surface area contributed by atoms with E-state index in [-0.39, 0.29) is 0 Å². The number of hydrogen-bond acceptors (Lipinski definition) is 6. The van der Waals surface area contributed by atoms with Crippen molar-refractivity contribution in [1.82, 2.24) is 14.9 Å². The van der Waals surface area contributed by atoms with Crippen molar-refractivity contribution in [3.63, 3.8) is 0 Å². The van der Waals surface area contributed by atoms with Gasteiger partial charge in [-0.1, -0.05) is 0 Å². The SMILES string of the molecule is NNc1cc(NC2CCN3CCCC3C2)nc(C2CC2)n1. The van der Waals surface area contributed by atoms with Gasteiger partial charge in [-0.3, -0.25) is 0 Å². The number of nitrogens with zero attached hydrogens (tertiary/aromatic N) is 3. The van der Waals surface area contributed by atoms with Gasteiger partial charge in [0.2, 0.25) is 0 Å². The van der Waals surface area contributed by atoms with Crippen LogP contribution >= 0.6 is 0 Å². The lowest BCUT2D eigenvalue weighted by atomic mass is 9.97. The number of fused-ring (bicyclic) bond motifs is 1. The molecule has 3 fully saturated rings. The van der Waals surface area contributed by atoms with E-state index < -0.39 is 0 Å². The molecule has 0 aromatic carbocycles. The van der Waals surface area contributed by atoms with Crippen molar-refractivity contribution in [2.45, 2.75) is 56.5 Å². The van der Waals surface area contributed by atoms with E-state index in [1.165, 1.54) is 51.6 Å². The Bertz CT molecular complexity index is 515. The van der Waals surface area contributed by atoms with Crippen LogP contribution in [0.15, 0.2) is 6.07 Å². The van der Waals surface area contributed by atoms with Crippen LogP contribution in [0.3, 0.4) is 0 Å². The lowest BCUT2D eigenvalue weighted by Crippen LogP contribution is -2.42. The second-order valence-corrected chi connectivity index (χ2v) is 6.61. The third kappa shape index (κ3) is 2.82. The highest BCUT2D eigenvalue weighted by Gasteiger charge is 2.32. The van der Waals surface area contributed by atoms with E-state index in [4.69, 9.17) is 10.8 Å². The zero-order chi connectivity index (χ0) is 14.2. The third-order valence-corrected chi connectivity index (χ3v) is 5.01. The molecule has 1 aliphatic carbocycles. The lowest BCUT2D eigenvalue weighted by molar-refractivity contribution is 0.188. The van der Waals surface area contributed by atoms with E-state index in [0.717, 1.165) is 17.7 Å². The average molecular weight is 288 g/mol. The number of anilines is 2. The summed E-state index contributed by atoms with van der Waals surface area (Å²) >= 11 is 0. The highest BCUT2D eigenvalue weighted by atomic mass is 15.3. The zero-order valence-electron chi connectivity index (χ0n) is 12.4. The summed E-state index contributed by atoms with van der Waals surface area (Å²) in [5.41, 5.74) is 2.67. The first kappa shape index (κ1) is 13.3. The normalized spacial score (nSPS) is 29.2. The molecule has 2 saturated heterocycles. The monoisotopic (exact) mass is 288 g/mol. The highest BCUT2D eigenvalue weighted by Crippen LogP contribution is 2.39. The summed E-state index contributed by atoms with van der Waals surface area (Å²) in [6.45, 7) is 2.50. The smallest absolute Gasteiger partial charge is 0.145 e. The van der Waals surface area contributed by atoms with Crippen LogP contribution in [0.1, 0.15) is 50.3 Å². The fourth-order valence-electron chi connectivity index (χ4n) is 3.70. The van der Waals surface area contributed by atoms with Gasteiger partial charge in [-0.05, 0) is 45.1 Å². The number of piperidine rings is 1. The summed E-state index contributed by atoms with van der Waals surface area (Å²) in [7, 11) is 0. The molecule has 3 heterocycles. The Labute approximate surface area is 125 Å². The molecular weight excluding hydrogens is 264 g/mol. The minimum absolute atomic E-state index is 0.525. The van der Waals surface area contributed by atoms with Gasteiger partial charge in [0.1, 0.15) is 17.5 Å². The summed E-state index contributed by atoms with van der Waals surface area (Å²) in [4.78, 5) is 11.8. The molecule has 0 amide bonds. The van der Waals surface area contributed by atoms with E-state index in [1.54, 1.807) is 0 Å². The van der Waals surface area contributed by atoms with Crippen molar-refractivity contribution in [3.8, 4) is 0 Å². The summed E-state index contributed by atoms with van der Waals surface area (Å²) in [5.74, 6) is 8.65. The molecular formula is C15H24N6. The molecule has 0 spiro atoms. The Morgan fingerprint density at radius 3 is 2.76 bits per heavy atom. The molecule has 4 rings (SSSR count). The van der Waals surface area contributed by atoms with Crippen molar-refractivity contribution in [1.29, 1.82) is 0 Å². The zero-order valence-corrected chi connectivity index (χ0v) is 12.4. The summed E-state index contributed by atoms with van der Waals surface area (Å²) < 4.78 is 0. The van der Waals surface area contributed by atoms with Gasteiger partial charge in [0.05, 0.1) is 0 Å². The molecule has 4 N–H and O–H groups in total. The molecule has 6 nitrogen and oxygen atoms in total. The topological polar surface area (TPSA) is 79.1 Å². The van der Waals surface area contributed by atoms with Crippen molar-refractivity contribution < 1.29 is 0 Å². The Hall–Kier alpha value is -1.40. The minimum Gasteiger partial charge on any atom is -0.367 e. The molecule has 3 aliphatic rings. The molecule has 114 valence electrons. The van der Waals surface area contributed by atoms with E-state index in [1.807, 2.05) is 6.07 Å².